The number of nitro groups is 1. The molecule has 3 saturated heterocycles. The molecule has 0 unspecified atom stereocenters. The molecule has 0 bridgehead atoms. The van der Waals surface area contributed by atoms with E-state index in [-0.39, 0.29) is 43.9 Å². The Morgan fingerprint density at radius 1 is 1.01 bits per heavy atom. The number of non-ortho nitro benzene ring substituents is 1. The molecule has 3 aliphatic rings. The first-order valence-corrected chi connectivity index (χ1v) is 25.8. The zero-order valence-corrected chi connectivity index (χ0v) is 45.1. The molecule has 0 aliphatic carbocycles. The van der Waals surface area contributed by atoms with Crippen LogP contribution in [0, 0.1) is 27.9 Å². The molecule has 5 N–H and O–H groups in total. The molecule has 73 heavy (non-hydrogen) atoms. The number of nitro benzene ring substituents is 1. The number of esters is 1. The Morgan fingerprint density at radius 2 is 1.68 bits per heavy atom. The van der Waals surface area contributed by atoms with Gasteiger partial charge in [-0.2, -0.15) is 0 Å². The fourth-order valence-electron chi connectivity index (χ4n) is 11.0. The summed E-state index contributed by atoms with van der Waals surface area (Å²) in [5.41, 5.74) is -4.09. The number of ether oxygens (including phenoxy) is 7. The quantitative estimate of drug-likeness (QED) is 0.0852. The number of halogens is 1. The minimum Gasteiger partial charge on any atom is -0.494 e. The van der Waals surface area contributed by atoms with Crippen LogP contribution in [0.1, 0.15) is 113 Å². The highest BCUT2D eigenvalue weighted by molar-refractivity contribution is 5.73. The molecule has 0 spiro atoms. The number of aromatic nitrogens is 3. The third-order valence-corrected chi connectivity index (χ3v) is 15.7. The van der Waals surface area contributed by atoms with Gasteiger partial charge >= 0.3 is 5.97 Å². The van der Waals surface area contributed by atoms with Crippen molar-refractivity contribution in [2.24, 2.45) is 17.8 Å². The number of rotatable bonds is 17. The fourth-order valence-corrected chi connectivity index (χ4v) is 11.0. The van der Waals surface area contributed by atoms with E-state index in [0.29, 0.717) is 37.4 Å². The van der Waals surface area contributed by atoms with E-state index in [1.165, 1.54) is 43.0 Å². The van der Waals surface area contributed by atoms with Crippen LogP contribution in [0.5, 0.6) is 5.75 Å². The Balaban J connectivity index is 1.39. The SMILES string of the molecule is CC[C@H]1OC(=O)[C@H](C)[C@@H](O[C@H]2C[C@@](C)(OC)[C@@H](O)[C@H](C)O2)[C@H](C)[C@@H](O[C@@H]2O[C@H](C)C[C@H](N(C)CCc3cn([C@H](CF)CCOc4ccc([N+](=O)[O-])cc4)nn3)[C@H]2O)[C@](C)(O)C[C@@H](C)CN(C)[C@H](C)[C@@H](O)[C@]1(C)O. The van der Waals surface area contributed by atoms with Crippen LogP contribution in [-0.4, -0.2) is 199 Å². The van der Waals surface area contributed by atoms with Gasteiger partial charge in [-0.05, 0) is 99.9 Å². The second-order valence-electron chi connectivity index (χ2n) is 21.8. The number of hydrogen-bond acceptors (Lipinski definition) is 19. The number of nitrogens with zero attached hydrogens (tertiary/aromatic N) is 6. The minimum absolute atomic E-state index is 0.0643. The number of carbonyl (C=O) groups excluding carboxylic acids is 1. The number of carbonyl (C=O) groups is 1. The zero-order chi connectivity index (χ0) is 54.3. The summed E-state index contributed by atoms with van der Waals surface area (Å²) in [6, 6.07) is 3.88. The van der Waals surface area contributed by atoms with E-state index in [0.717, 1.165) is 0 Å². The third kappa shape index (κ3) is 14.7. The lowest BCUT2D eigenvalue weighted by Crippen LogP contribution is -2.61. The monoisotopic (exact) mass is 1040 g/mol. The van der Waals surface area contributed by atoms with E-state index in [9.17, 15) is 44.8 Å². The maximum atomic E-state index is 14.5. The highest BCUT2D eigenvalue weighted by Gasteiger charge is 2.53. The van der Waals surface area contributed by atoms with Gasteiger partial charge in [-0.1, -0.05) is 26.0 Å². The normalized spacial score (nSPS) is 39.1. The smallest absolute Gasteiger partial charge is 0.311 e. The van der Waals surface area contributed by atoms with Crippen LogP contribution in [0.4, 0.5) is 10.1 Å². The van der Waals surface area contributed by atoms with Gasteiger partial charge in [-0.15, -0.1) is 5.10 Å². The first-order valence-electron chi connectivity index (χ1n) is 25.8. The molecule has 22 heteroatoms. The molecule has 3 fully saturated rings. The minimum atomic E-state index is -1.86. The molecule has 3 aliphatic heterocycles. The molecule has 2 aromatic rings. The lowest BCUT2D eigenvalue weighted by Gasteiger charge is -2.49. The molecular weight excluding hydrogens is 956 g/mol. The summed E-state index contributed by atoms with van der Waals surface area (Å²) in [6.07, 6.45) is -7.26. The van der Waals surface area contributed by atoms with Gasteiger partial charge in [0.15, 0.2) is 12.6 Å². The van der Waals surface area contributed by atoms with Crippen molar-refractivity contribution in [1.29, 1.82) is 0 Å². The van der Waals surface area contributed by atoms with Crippen LogP contribution < -0.4 is 4.74 Å². The number of alkyl halides is 1. The van der Waals surface area contributed by atoms with Crippen molar-refractivity contribution in [3.8, 4) is 5.75 Å². The summed E-state index contributed by atoms with van der Waals surface area (Å²) in [5, 5.41) is 79.1. The van der Waals surface area contributed by atoms with Gasteiger partial charge in [0, 0.05) is 75.8 Å². The van der Waals surface area contributed by atoms with Crippen molar-refractivity contribution in [2.75, 3.05) is 47.6 Å². The molecular formula is C51H85FN6O15. The van der Waals surface area contributed by atoms with Gasteiger partial charge in [0.25, 0.3) is 5.69 Å². The Kier molecular flexibility index (Phi) is 21.1. The zero-order valence-electron chi connectivity index (χ0n) is 45.1. The summed E-state index contributed by atoms with van der Waals surface area (Å²) in [5.74, 6) is -2.50. The number of aliphatic hydroxyl groups excluding tert-OH is 3. The number of likely N-dealkylation sites (N-methyl/N-ethyl adjacent to an activating group) is 2. The van der Waals surface area contributed by atoms with E-state index in [1.54, 1.807) is 54.7 Å². The second kappa shape index (κ2) is 25.5. The average Bonchev–Trinajstić information content (AvgIpc) is 3.81. The lowest BCUT2D eigenvalue weighted by atomic mass is 9.77. The summed E-state index contributed by atoms with van der Waals surface area (Å²) in [6.45, 7) is 17.5. The van der Waals surface area contributed by atoms with E-state index < -0.39 is 126 Å². The highest BCUT2D eigenvalue weighted by atomic mass is 19.1. The van der Waals surface area contributed by atoms with Crippen molar-refractivity contribution in [2.45, 2.75) is 204 Å². The average molecular weight is 1040 g/mol. The van der Waals surface area contributed by atoms with Crippen molar-refractivity contribution in [3.63, 3.8) is 0 Å². The topological polar surface area (TPSA) is 263 Å². The molecule has 0 saturated carbocycles. The van der Waals surface area contributed by atoms with Crippen molar-refractivity contribution in [1.82, 2.24) is 24.8 Å². The van der Waals surface area contributed by atoms with Gasteiger partial charge in [0.1, 0.15) is 42.4 Å². The maximum Gasteiger partial charge on any atom is 0.311 e. The molecule has 0 radical (unpaired) electrons. The fraction of sp³-hybridized carbons (Fsp3) is 0.824. The van der Waals surface area contributed by atoms with E-state index in [2.05, 4.69) is 10.3 Å². The summed E-state index contributed by atoms with van der Waals surface area (Å²) < 4.78 is 59.6. The molecule has 19 atom stereocenters. The Morgan fingerprint density at radius 3 is 2.30 bits per heavy atom. The molecule has 416 valence electrons. The lowest BCUT2D eigenvalue weighted by molar-refractivity contribution is -0.384. The second-order valence-corrected chi connectivity index (χ2v) is 21.8. The number of benzene rings is 1. The van der Waals surface area contributed by atoms with Crippen LogP contribution in [0.15, 0.2) is 30.5 Å². The predicted octanol–water partition coefficient (Wildman–Crippen LogP) is 3.99. The molecule has 4 heterocycles. The number of cyclic esters (lactones) is 1. The summed E-state index contributed by atoms with van der Waals surface area (Å²) >= 11 is 0. The van der Waals surface area contributed by atoms with Crippen molar-refractivity contribution in [3.05, 3.63) is 46.3 Å². The van der Waals surface area contributed by atoms with Crippen LogP contribution in [0.2, 0.25) is 0 Å². The number of hydrogen-bond donors (Lipinski definition) is 5. The van der Waals surface area contributed by atoms with Crippen molar-refractivity contribution >= 4 is 11.7 Å². The van der Waals surface area contributed by atoms with E-state index in [4.69, 9.17) is 33.2 Å². The highest BCUT2D eigenvalue weighted by Crippen LogP contribution is 2.40. The van der Waals surface area contributed by atoms with E-state index in [1.807, 2.05) is 37.7 Å². The van der Waals surface area contributed by atoms with Crippen LogP contribution in [-0.2, 0) is 39.6 Å². The molecule has 0 amide bonds. The Hall–Kier alpha value is -3.52. The van der Waals surface area contributed by atoms with Gasteiger partial charge < -0.3 is 68.5 Å². The van der Waals surface area contributed by atoms with E-state index >= 15 is 0 Å². The van der Waals surface area contributed by atoms with Crippen molar-refractivity contribution < 1.29 is 72.8 Å². The first-order chi connectivity index (χ1) is 34.2. The number of methoxy groups -OCH3 is 1. The molecule has 1 aromatic heterocycles. The van der Waals surface area contributed by atoms with Gasteiger partial charge in [0.05, 0.1) is 64.8 Å². The standard InChI is InChI=1S/C51H85FN6O15/c1-14-40-51(10,64)44(60)33(6)56(12)27-29(2)24-49(8,63)46(31(4)43(32(5)47(62)71-40)72-41-25-50(9,67-13)45(61)34(7)70-41)73-48-42(59)39(23-30(3)69-48)55(11)21-19-35-28-57(54-53-35)37(26-52)20-22-68-38-17-15-36(16-18-38)58(65)66/h15-18,28-34,37,39-46,48,59-61,63-64H,14,19-27H2,1-13H3/t29-,30-,31+,32-,33-,34+,37+,39+,40-,41+,42-,43+,44-,45+,46-,48+,49-,50-,51-/m1/s1. The van der Waals surface area contributed by atoms with Crippen LogP contribution >= 0.6 is 0 Å². The molecule has 5 rings (SSSR count). The first kappa shape index (κ1) is 60.3. The van der Waals surface area contributed by atoms with Gasteiger partial charge in [-0.3, -0.25) is 14.9 Å². The predicted molar refractivity (Wildman–Crippen MR) is 265 cm³/mol. The van der Waals surface area contributed by atoms with Gasteiger partial charge in [0.2, 0.25) is 0 Å². The Bertz CT molecular complexity index is 2050. The number of aliphatic hydroxyl groups is 5. The summed E-state index contributed by atoms with van der Waals surface area (Å²) in [7, 11) is 5.16. The maximum absolute atomic E-state index is 14.5. The summed E-state index contributed by atoms with van der Waals surface area (Å²) in [4.78, 5) is 28.8. The van der Waals surface area contributed by atoms with Crippen LogP contribution in [0.3, 0.4) is 0 Å². The third-order valence-electron chi connectivity index (χ3n) is 15.7. The largest absolute Gasteiger partial charge is 0.494 e. The Labute approximate surface area is 429 Å². The van der Waals surface area contributed by atoms with Gasteiger partial charge in [-0.25, -0.2) is 9.07 Å². The van der Waals surface area contributed by atoms with Crippen LogP contribution in [0.25, 0.3) is 0 Å². The molecule has 21 nitrogen and oxygen atoms in total. The molecule has 1 aromatic carbocycles.